The number of carbonyl (C=O) groups is 1. The molecule has 2 heterocycles. The fraction of sp³-hybridized carbons (Fsp3) is 0.429. The number of rotatable bonds is 11. The molecule has 9 nitrogen and oxygen atoms in total. The van der Waals surface area contributed by atoms with Crippen LogP contribution in [0.4, 0.5) is 8.78 Å². The fourth-order valence-electron chi connectivity index (χ4n) is 5.29. The predicted octanol–water partition coefficient (Wildman–Crippen LogP) is 3.46. The Morgan fingerprint density at radius 3 is 2.54 bits per heavy atom. The summed E-state index contributed by atoms with van der Waals surface area (Å²) in [6.07, 6.45) is 2.26. The van der Waals surface area contributed by atoms with Gasteiger partial charge in [0, 0.05) is 42.9 Å². The summed E-state index contributed by atoms with van der Waals surface area (Å²) >= 11 is 0. The number of carbonyl (C=O) groups excluding carboxylic acids is 1. The molecule has 4 rings (SSSR count). The molecule has 2 aromatic carbocycles. The highest BCUT2D eigenvalue weighted by atomic mass is 19.1. The third kappa shape index (κ3) is 6.62. The summed E-state index contributed by atoms with van der Waals surface area (Å²) in [7, 11) is 1.56. The molecular formula is C28H34F2N4O5. The largest absolute Gasteiger partial charge is 0.497 e. The van der Waals surface area contributed by atoms with Gasteiger partial charge in [-0.25, -0.2) is 14.3 Å². The molecule has 5 N–H and O–H groups in total. The minimum atomic E-state index is -0.914. The second kappa shape index (κ2) is 12.6. The molecule has 1 amide bonds. The summed E-state index contributed by atoms with van der Waals surface area (Å²) in [5, 5.41) is 21.5. The van der Waals surface area contributed by atoms with Gasteiger partial charge in [-0.15, -0.1) is 0 Å². The number of methoxy groups -OCH3 is 1. The number of fused-ring (bicyclic) bond motifs is 1. The van der Waals surface area contributed by atoms with Crippen molar-refractivity contribution in [3.8, 4) is 11.5 Å². The van der Waals surface area contributed by atoms with Crippen LogP contribution in [0.3, 0.4) is 0 Å². The zero-order valence-corrected chi connectivity index (χ0v) is 21.8. The number of piperidine rings is 1. The van der Waals surface area contributed by atoms with Crippen molar-refractivity contribution in [3.05, 3.63) is 65.4 Å². The molecule has 3 aromatic rings. The standard InChI is InChI=1S/C28H34F2N4O5/c1-38-21-2-3-24-23(15-21)26(18(16-31)17-32-24)25(35)4-5-28(27(36)33-37)6-8-34(9-7-28)10-11-39-22-13-19(29)12-20(30)14-22/h2-3,12-15,17,25,35,37H,4-11,16,31H2,1H3,(H,33,36)/t25-/m1/s1. The number of likely N-dealkylation sites (tertiary alicyclic amines) is 1. The first-order chi connectivity index (χ1) is 18.8. The fourth-order valence-corrected chi connectivity index (χ4v) is 5.29. The average Bonchev–Trinajstić information content (AvgIpc) is 2.94. The van der Waals surface area contributed by atoms with Gasteiger partial charge in [0.1, 0.15) is 29.7 Å². The molecule has 0 radical (unpaired) electrons. The Balaban J connectivity index is 1.41. The molecule has 0 unspecified atom stereocenters. The summed E-state index contributed by atoms with van der Waals surface area (Å²) in [5.74, 6) is -1.15. The van der Waals surface area contributed by atoms with Crippen molar-refractivity contribution in [3.63, 3.8) is 0 Å². The Hall–Kier alpha value is -3.38. The summed E-state index contributed by atoms with van der Waals surface area (Å²) in [6.45, 7) is 2.01. The van der Waals surface area contributed by atoms with Crippen LogP contribution in [0.5, 0.6) is 11.5 Å². The normalized spacial score (nSPS) is 16.2. The van der Waals surface area contributed by atoms with Gasteiger partial charge < -0.3 is 20.3 Å². The number of hydrogen-bond acceptors (Lipinski definition) is 8. The first-order valence-electron chi connectivity index (χ1n) is 12.9. The van der Waals surface area contributed by atoms with Crippen molar-refractivity contribution in [2.75, 3.05) is 33.4 Å². The molecule has 39 heavy (non-hydrogen) atoms. The van der Waals surface area contributed by atoms with Crippen LogP contribution in [-0.4, -0.2) is 59.5 Å². The predicted molar refractivity (Wildman–Crippen MR) is 140 cm³/mol. The number of aliphatic hydroxyl groups is 1. The van der Waals surface area contributed by atoms with Gasteiger partial charge in [0.15, 0.2) is 0 Å². The zero-order valence-electron chi connectivity index (χ0n) is 21.8. The van der Waals surface area contributed by atoms with Gasteiger partial charge in [-0.1, -0.05) is 0 Å². The van der Waals surface area contributed by atoms with Crippen LogP contribution >= 0.6 is 0 Å². The Kier molecular flexibility index (Phi) is 9.28. The van der Waals surface area contributed by atoms with E-state index in [9.17, 15) is 23.9 Å². The van der Waals surface area contributed by atoms with E-state index in [4.69, 9.17) is 15.2 Å². The maximum absolute atomic E-state index is 13.4. The quantitative estimate of drug-likeness (QED) is 0.213. The SMILES string of the molecule is COc1ccc2ncc(CN)c([C@H](O)CCC3(C(=O)NO)CCN(CCOc4cc(F)cc(F)c4)CC3)c2c1. The van der Waals surface area contributed by atoms with Gasteiger partial charge in [-0.05, 0) is 68.1 Å². The van der Waals surface area contributed by atoms with E-state index in [-0.39, 0.29) is 25.3 Å². The number of aliphatic hydroxyl groups excluding tert-OH is 1. The number of pyridine rings is 1. The lowest BCUT2D eigenvalue weighted by molar-refractivity contribution is -0.143. The Labute approximate surface area is 225 Å². The van der Waals surface area contributed by atoms with Crippen LogP contribution in [0.1, 0.15) is 42.9 Å². The van der Waals surface area contributed by atoms with Crippen LogP contribution in [0.2, 0.25) is 0 Å². The maximum atomic E-state index is 13.4. The monoisotopic (exact) mass is 544 g/mol. The van der Waals surface area contributed by atoms with Crippen LogP contribution in [0, 0.1) is 17.0 Å². The lowest BCUT2D eigenvalue weighted by atomic mass is 9.73. The maximum Gasteiger partial charge on any atom is 0.249 e. The van der Waals surface area contributed by atoms with Gasteiger partial charge in [0.25, 0.3) is 0 Å². The average molecular weight is 545 g/mol. The number of hydrogen-bond donors (Lipinski definition) is 4. The highest BCUT2D eigenvalue weighted by Crippen LogP contribution is 2.40. The molecule has 1 aromatic heterocycles. The van der Waals surface area contributed by atoms with E-state index < -0.39 is 29.1 Å². The summed E-state index contributed by atoms with van der Waals surface area (Å²) in [4.78, 5) is 19.3. The van der Waals surface area contributed by atoms with Crippen LogP contribution in [0.15, 0.2) is 42.6 Å². The van der Waals surface area contributed by atoms with E-state index in [0.717, 1.165) is 23.6 Å². The van der Waals surface area contributed by atoms with Crippen molar-refractivity contribution in [2.45, 2.75) is 38.3 Å². The Morgan fingerprint density at radius 1 is 1.18 bits per heavy atom. The molecule has 0 spiro atoms. The number of halogens is 2. The molecular weight excluding hydrogens is 510 g/mol. The Morgan fingerprint density at radius 2 is 1.90 bits per heavy atom. The smallest absolute Gasteiger partial charge is 0.249 e. The van der Waals surface area contributed by atoms with E-state index >= 15 is 0 Å². The third-order valence-electron chi connectivity index (χ3n) is 7.56. The molecule has 210 valence electrons. The van der Waals surface area contributed by atoms with Gasteiger partial charge in [-0.3, -0.25) is 19.9 Å². The van der Waals surface area contributed by atoms with E-state index in [2.05, 4.69) is 9.88 Å². The molecule has 1 saturated heterocycles. The number of hydroxylamine groups is 1. The minimum absolute atomic E-state index is 0.116. The Bertz CT molecular complexity index is 1270. The zero-order chi connectivity index (χ0) is 28.0. The van der Waals surface area contributed by atoms with Crippen molar-refractivity contribution in [1.82, 2.24) is 15.4 Å². The van der Waals surface area contributed by atoms with E-state index in [1.807, 2.05) is 17.6 Å². The van der Waals surface area contributed by atoms with Gasteiger partial charge >= 0.3 is 0 Å². The first kappa shape index (κ1) is 28.6. The molecule has 11 heteroatoms. The summed E-state index contributed by atoms with van der Waals surface area (Å²) < 4.78 is 37.6. The van der Waals surface area contributed by atoms with Crippen molar-refractivity contribution < 1.29 is 33.4 Å². The molecule has 1 aliphatic rings. The third-order valence-corrected chi connectivity index (χ3v) is 7.56. The lowest BCUT2D eigenvalue weighted by Gasteiger charge is -2.40. The van der Waals surface area contributed by atoms with Gasteiger partial charge in [-0.2, -0.15) is 0 Å². The summed E-state index contributed by atoms with van der Waals surface area (Å²) in [6, 6.07) is 8.46. The van der Waals surface area contributed by atoms with Crippen molar-refractivity contribution in [1.29, 1.82) is 0 Å². The highest BCUT2D eigenvalue weighted by molar-refractivity contribution is 5.85. The topological polar surface area (TPSA) is 130 Å². The minimum Gasteiger partial charge on any atom is -0.497 e. The number of nitrogens with two attached hydrogens (primary N) is 1. The molecule has 1 atom stereocenters. The number of ether oxygens (including phenoxy) is 2. The summed E-state index contributed by atoms with van der Waals surface area (Å²) in [5.41, 5.74) is 8.96. The molecule has 1 fully saturated rings. The van der Waals surface area contributed by atoms with Crippen LogP contribution < -0.4 is 20.7 Å². The van der Waals surface area contributed by atoms with E-state index in [1.165, 1.54) is 0 Å². The lowest BCUT2D eigenvalue weighted by Crippen LogP contribution is -2.49. The van der Waals surface area contributed by atoms with E-state index in [1.54, 1.807) is 19.4 Å². The number of aromatic nitrogens is 1. The molecule has 0 aliphatic carbocycles. The number of amides is 1. The molecule has 0 saturated carbocycles. The van der Waals surface area contributed by atoms with E-state index in [0.29, 0.717) is 61.3 Å². The molecule has 0 bridgehead atoms. The van der Waals surface area contributed by atoms with Crippen molar-refractivity contribution >= 4 is 16.8 Å². The van der Waals surface area contributed by atoms with Gasteiger partial charge in [0.05, 0.1) is 24.1 Å². The number of benzene rings is 2. The van der Waals surface area contributed by atoms with Crippen LogP contribution in [0.25, 0.3) is 10.9 Å². The second-order valence-electron chi connectivity index (χ2n) is 9.86. The van der Waals surface area contributed by atoms with Crippen molar-refractivity contribution in [2.24, 2.45) is 11.1 Å². The molecule has 1 aliphatic heterocycles. The highest BCUT2D eigenvalue weighted by Gasteiger charge is 2.41. The first-order valence-corrected chi connectivity index (χ1v) is 12.9. The number of nitrogens with zero attached hydrogens (tertiary/aromatic N) is 2. The van der Waals surface area contributed by atoms with Crippen LogP contribution in [-0.2, 0) is 11.3 Å². The number of nitrogens with one attached hydrogen (secondary N) is 1. The van der Waals surface area contributed by atoms with Gasteiger partial charge in [0.2, 0.25) is 5.91 Å². The second-order valence-corrected chi connectivity index (χ2v) is 9.86.